The molecule has 0 bridgehead atoms. The van der Waals surface area contributed by atoms with Crippen molar-refractivity contribution in [1.82, 2.24) is 9.88 Å². The van der Waals surface area contributed by atoms with Crippen LogP contribution in [-0.2, 0) is 6.61 Å². The molecule has 0 unspecified atom stereocenters. The van der Waals surface area contributed by atoms with Crippen LogP contribution in [0.25, 0.3) is 0 Å². The van der Waals surface area contributed by atoms with E-state index in [1.54, 1.807) is 6.20 Å². The SMILES string of the molecule is Cc1cc(N2CCCN(CCO)CC2)c(CO)cn1. The second-order valence-electron chi connectivity index (χ2n) is 5.02. The summed E-state index contributed by atoms with van der Waals surface area (Å²) in [6, 6.07) is 2.05. The lowest BCUT2D eigenvalue weighted by Gasteiger charge is -2.25. The lowest BCUT2D eigenvalue weighted by molar-refractivity contribution is 0.204. The summed E-state index contributed by atoms with van der Waals surface area (Å²) in [6.45, 7) is 6.85. The Morgan fingerprint density at radius 1 is 1.21 bits per heavy atom. The van der Waals surface area contributed by atoms with Gasteiger partial charge in [0.25, 0.3) is 0 Å². The van der Waals surface area contributed by atoms with Gasteiger partial charge in [0.15, 0.2) is 0 Å². The van der Waals surface area contributed by atoms with Crippen LogP contribution in [-0.4, -0.2) is 59.4 Å². The summed E-state index contributed by atoms with van der Waals surface area (Å²) in [6.07, 6.45) is 2.84. The van der Waals surface area contributed by atoms with Crippen LogP contribution < -0.4 is 4.90 Å². The van der Waals surface area contributed by atoms with E-state index < -0.39 is 0 Å². The van der Waals surface area contributed by atoms with E-state index in [9.17, 15) is 5.11 Å². The molecule has 19 heavy (non-hydrogen) atoms. The maximum atomic E-state index is 9.44. The van der Waals surface area contributed by atoms with Gasteiger partial charge in [-0.15, -0.1) is 0 Å². The highest BCUT2D eigenvalue weighted by Crippen LogP contribution is 2.22. The summed E-state index contributed by atoms with van der Waals surface area (Å²) in [5.74, 6) is 0. The maximum absolute atomic E-state index is 9.44. The molecule has 0 amide bonds. The van der Waals surface area contributed by atoms with Gasteiger partial charge in [0.05, 0.1) is 13.2 Å². The van der Waals surface area contributed by atoms with Crippen LogP contribution in [0.5, 0.6) is 0 Å². The van der Waals surface area contributed by atoms with Crippen LogP contribution in [0.3, 0.4) is 0 Å². The zero-order chi connectivity index (χ0) is 13.7. The van der Waals surface area contributed by atoms with Crippen LogP contribution in [0.1, 0.15) is 17.7 Å². The average Bonchev–Trinajstić information content (AvgIpc) is 2.65. The van der Waals surface area contributed by atoms with Gasteiger partial charge in [0, 0.05) is 49.3 Å². The van der Waals surface area contributed by atoms with Crippen molar-refractivity contribution in [2.24, 2.45) is 0 Å². The lowest BCUT2D eigenvalue weighted by atomic mass is 10.2. The minimum Gasteiger partial charge on any atom is -0.395 e. The molecule has 0 atom stereocenters. The largest absolute Gasteiger partial charge is 0.395 e. The molecule has 0 aromatic carbocycles. The molecule has 0 spiro atoms. The molecule has 1 aromatic heterocycles. The number of pyridine rings is 1. The first-order valence-corrected chi connectivity index (χ1v) is 6.89. The number of hydrogen-bond donors (Lipinski definition) is 2. The fraction of sp³-hybridized carbons (Fsp3) is 0.643. The number of aliphatic hydroxyl groups is 2. The smallest absolute Gasteiger partial charge is 0.0717 e. The average molecular weight is 265 g/mol. The van der Waals surface area contributed by atoms with E-state index in [1.807, 2.05) is 13.0 Å². The number of aryl methyl sites for hydroxylation is 1. The monoisotopic (exact) mass is 265 g/mol. The van der Waals surface area contributed by atoms with Crippen molar-refractivity contribution in [1.29, 1.82) is 0 Å². The third kappa shape index (κ3) is 3.65. The third-order valence-electron chi connectivity index (χ3n) is 3.61. The minimum atomic E-state index is 0.0272. The molecular weight excluding hydrogens is 242 g/mol. The van der Waals surface area contributed by atoms with Crippen molar-refractivity contribution in [3.05, 3.63) is 23.5 Å². The normalized spacial score (nSPS) is 17.5. The van der Waals surface area contributed by atoms with Gasteiger partial charge in [-0.2, -0.15) is 0 Å². The van der Waals surface area contributed by atoms with E-state index >= 15 is 0 Å². The van der Waals surface area contributed by atoms with Gasteiger partial charge in [0.2, 0.25) is 0 Å². The fourth-order valence-electron chi connectivity index (χ4n) is 2.57. The van der Waals surface area contributed by atoms with Crippen LogP contribution in [0.2, 0.25) is 0 Å². The summed E-state index contributed by atoms with van der Waals surface area (Å²) >= 11 is 0. The molecule has 1 aliphatic rings. The number of hydrogen-bond acceptors (Lipinski definition) is 5. The minimum absolute atomic E-state index is 0.0272. The van der Waals surface area contributed by atoms with Crippen molar-refractivity contribution in [3.63, 3.8) is 0 Å². The number of nitrogens with zero attached hydrogens (tertiary/aromatic N) is 3. The molecule has 5 heteroatoms. The first-order valence-electron chi connectivity index (χ1n) is 6.89. The van der Waals surface area contributed by atoms with Gasteiger partial charge in [0.1, 0.15) is 0 Å². The van der Waals surface area contributed by atoms with Gasteiger partial charge in [-0.3, -0.25) is 9.88 Å². The van der Waals surface area contributed by atoms with Crippen LogP contribution >= 0.6 is 0 Å². The molecule has 1 aliphatic heterocycles. The summed E-state index contributed by atoms with van der Waals surface area (Å²) in [7, 11) is 0. The van der Waals surface area contributed by atoms with Gasteiger partial charge < -0.3 is 15.1 Å². The number of β-amino-alcohol motifs (C(OH)–C–C–N with tert-alkyl or cyclic N) is 1. The predicted molar refractivity (Wildman–Crippen MR) is 75.3 cm³/mol. The Balaban J connectivity index is 2.11. The Kier molecular flexibility index (Phi) is 5.13. The zero-order valence-electron chi connectivity index (χ0n) is 11.5. The van der Waals surface area contributed by atoms with E-state index in [1.165, 1.54) is 0 Å². The second-order valence-corrected chi connectivity index (χ2v) is 5.02. The quantitative estimate of drug-likeness (QED) is 0.824. The number of aromatic nitrogens is 1. The summed E-state index contributed by atoms with van der Waals surface area (Å²) < 4.78 is 0. The molecule has 1 aromatic rings. The summed E-state index contributed by atoms with van der Waals surface area (Å²) in [4.78, 5) is 8.84. The van der Waals surface area contributed by atoms with Crippen LogP contribution in [0.4, 0.5) is 5.69 Å². The van der Waals surface area contributed by atoms with E-state index in [0.29, 0.717) is 0 Å². The third-order valence-corrected chi connectivity index (χ3v) is 3.61. The van der Waals surface area contributed by atoms with E-state index in [2.05, 4.69) is 14.8 Å². The molecule has 1 saturated heterocycles. The van der Waals surface area contributed by atoms with E-state index in [0.717, 1.165) is 56.1 Å². The van der Waals surface area contributed by atoms with Crippen molar-refractivity contribution in [2.45, 2.75) is 20.0 Å². The zero-order valence-corrected chi connectivity index (χ0v) is 11.5. The Morgan fingerprint density at radius 3 is 2.79 bits per heavy atom. The Labute approximate surface area is 114 Å². The number of aliphatic hydroxyl groups excluding tert-OH is 2. The first-order chi connectivity index (χ1) is 9.24. The highest BCUT2D eigenvalue weighted by atomic mass is 16.3. The van der Waals surface area contributed by atoms with Crippen LogP contribution in [0.15, 0.2) is 12.3 Å². The molecule has 2 N–H and O–H groups in total. The highest BCUT2D eigenvalue weighted by molar-refractivity contribution is 5.53. The fourth-order valence-corrected chi connectivity index (χ4v) is 2.57. The topological polar surface area (TPSA) is 59.8 Å². The molecule has 2 rings (SSSR count). The lowest BCUT2D eigenvalue weighted by Crippen LogP contribution is -2.32. The van der Waals surface area contributed by atoms with E-state index in [4.69, 9.17) is 5.11 Å². The van der Waals surface area contributed by atoms with Crippen molar-refractivity contribution in [2.75, 3.05) is 44.2 Å². The Hall–Kier alpha value is -1.17. The maximum Gasteiger partial charge on any atom is 0.0717 e. The first kappa shape index (κ1) is 14.2. The van der Waals surface area contributed by atoms with E-state index in [-0.39, 0.29) is 13.2 Å². The number of anilines is 1. The highest BCUT2D eigenvalue weighted by Gasteiger charge is 2.17. The second kappa shape index (κ2) is 6.84. The summed E-state index contributed by atoms with van der Waals surface area (Å²) in [5.41, 5.74) is 2.96. The van der Waals surface area contributed by atoms with Gasteiger partial charge in [-0.25, -0.2) is 0 Å². The van der Waals surface area contributed by atoms with Crippen LogP contribution in [0, 0.1) is 6.92 Å². The molecule has 0 radical (unpaired) electrons. The van der Waals surface area contributed by atoms with Crippen molar-refractivity contribution < 1.29 is 10.2 Å². The molecule has 2 heterocycles. The summed E-state index contributed by atoms with van der Waals surface area (Å²) in [5, 5.41) is 18.5. The van der Waals surface area contributed by atoms with Crippen molar-refractivity contribution >= 4 is 5.69 Å². The van der Waals surface area contributed by atoms with Gasteiger partial charge in [-0.1, -0.05) is 0 Å². The molecule has 1 fully saturated rings. The Morgan fingerprint density at radius 2 is 2.05 bits per heavy atom. The molecule has 0 saturated carbocycles. The number of rotatable bonds is 4. The van der Waals surface area contributed by atoms with Gasteiger partial charge >= 0.3 is 0 Å². The molecule has 5 nitrogen and oxygen atoms in total. The predicted octanol–water partition coefficient (Wildman–Crippen LogP) is 0.387. The molecular formula is C14H23N3O2. The van der Waals surface area contributed by atoms with Gasteiger partial charge in [-0.05, 0) is 26.0 Å². The Bertz CT molecular complexity index is 412. The molecule has 0 aliphatic carbocycles. The van der Waals surface area contributed by atoms with Crippen molar-refractivity contribution in [3.8, 4) is 0 Å². The standard InChI is InChI=1S/C14H23N3O2/c1-12-9-14(13(11-19)10-15-12)17-4-2-3-16(5-6-17)7-8-18/h9-10,18-19H,2-8,11H2,1H3. The molecule has 106 valence electrons.